The average molecular weight is 424 g/mol. The van der Waals surface area contributed by atoms with Gasteiger partial charge >= 0.3 is 0 Å². The highest BCUT2D eigenvalue weighted by atomic mass is 16.6. The Kier molecular flexibility index (Phi) is 9.04. The van der Waals surface area contributed by atoms with Crippen LogP contribution in [0.2, 0.25) is 0 Å². The first kappa shape index (κ1) is 23.4. The molecule has 2 aliphatic rings. The molecule has 5 heteroatoms. The molecule has 0 saturated carbocycles. The first-order valence-corrected chi connectivity index (χ1v) is 11.7. The maximum absolute atomic E-state index is 10.5. The lowest BCUT2D eigenvalue weighted by molar-refractivity contribution is -0.384. The summed E-state index contributed by atoms with van der Waals surface area (Å²) in [5, 5.41) is 10.5. The number of benzene rings is 2. The lowest BCUT2D eigenvalue weighted by atomic mass is 9.99. The third-order valence-electron chi connectivity index (χ3n) is 6.55. The highest BCUT2D eigenvalue weighted by molar-refractivity contribution is 5.32. The minimum absolute atomic E-state index is 0.168. The molecule has 0 atom stereocenters. The molecule has 0 unspecified atom stereocenters. The zero-order chi connectivity index (χ0) is 22.1. The summed E-state index contributed by atoms with van der Waals surface area (Å²) in [6.07, 6.45) is 5.25. The fraction of sp³-hybridized carbons (Fsp3) is 0.538. The van der Waals surface area contributed by atoms with Crippen molar-refractivity contribution in [3.8, 4) is 0 Å². The van der Waals surface area contributed by atoms with Crippen molar-refractivity contribution in [1.29, 1.82) is 0 Å². The van der Waals surface area contributed by atoms with Crippen molar-refractivity contribution in [1.82, 2.24) is 9.80 Å². The van der Waals surface area contributed by atoms with Crippen LogP contribution in [0.25, 0.3) is 0 Å². The standard InChI is InChI=1S/C13H18N2O2.C13H19N/c1-11-6-8-14(9-7-11)10-12-2-4-13(5-3-12)15(16)17;1-12-7-9-14(10-8-12)11-13-5-3-2-4-6-13/h2-5,11H,6-10H2,1H3;2-6,12H,7-11H2,1H3. The second-order valence-electron chi connectivity index (χ2n) is 9.33. The maximum Gasteiger partial charge on any atom is 0.269 e. The second kappa shape index (κ2) is 12.0. The summed E-state index contributed by atoms with van der Waals surface area (Å²) in [6.45, 7) is 11.5. The Morgan fingerprint density at radius 2 is 1.16 bits per heavy atom. The number of hydrogen-bond donors (Lipinski definition) is 0. The van der Waals surface area contributed by atoms with Crippen molar-refractivity contribution in [2.24, 2.45) is 11.8 Å². The van der Waals surface area contributed by atoms with E-state index < -0.39 is 0 Å². The summed E-state index contributed by atoms with van der Waals surface area (Å²) >= 11 is 0. The van der Waals surface area contributed by atoms with Gasteiger partial charge in [0.25, 0.3) is 5.69 Å². The number of hydrogen-bond acceptors (Lipinski definition) is 4. The van der Waals surface area contributed by atoms with E-state index in [-0.39, 0.29) is 10.6 Å². The molecule has 0 amide bonds. The highest BCUT2D eigenvalue weighted by Gasteiger charge is 2.16. The van der Waals surface area contributed by atoms with Crippen molar-refractivity contribution >= 4 is 5.69 Å². The Hall–Kier alpha value is -2.24. The van der Waals surface area contributed by atoms with Crippen LogP contribution in [0.4, 0.5) is 5.69 Å². The van der Waals surface area contributed by atoms with Gasteiger partial charge in [0.2, 0.25) is 0 Å². The van der Waals surface area contributed by atoms with Crippen LogP contribution < -0.4 is 0 Å². The molecule has 2 saturated heterocycles. The Balaban J connectivity index is 0.000000179. The van der Waals surface area contributed by atoms with Crippen LogP contribution in [0.3, 0.4) is 0 Å². The molecule has 0 spiro atoms. The smallest absolute Gasteiger partial charge is 0.269 e. The second-order valence-corrected chi connectivity index (χ2v) is 9.33. The monoisotopic (exact) mass is 423 g/mol. The number of nitro groups is 1. The fourth-order valence-electron chi connectivity index (χ4n) is 4.26. The SMILES string of the molecule is CC1CCN(Cc2ccc([N+](=O)[O-])cc2)CC1.CC1CCN(Cc2ccccc2)CC1. The van der Waals surface area contributed by atoms with E-state index in [1.807, 2.05) is 12.1 Å². The van der Waals surface area contributed by atoms with E-state index in [9.17, 15) is 10.1 Å². The summed E-state index contributed by atoms with van der Waals surface area (Å²) in [5.41, 5.74) is 2.77. The Morgan fingerprint density at radius 3 is 1.58 bits per heavy atom. The summed E-state index contributed by atoms with van der Waals surface area (Å²) in [5.74, 6) is 1.77. The summed E-state index contributed by atoms with van der Waals surface area (Å²) in [7, 11) is 0. The molecule has 2 fully saturated rings. The largest absolute Gasteiger partial charge is 0.299 e. The molecule has 0 radical (unpaired) electrons. The van der Waals surface area contributed by atoms with Crippen molar-refractivity contribution in [2.75, 3.05) is 26.2 Å². The number of nitro benzene ring substituents is 1. The summed E-state index contributed by atoms with van der Waals surface area (Å²) in [6, 6.07) is 17.7. The van der Waals surface area contributed by atoms with Gasteiger partial charge in [-0.1, -0.05) is 56.3 Å². The van der Waals surface area contributed by atoms with Crippen LogP contribution >= 0.6 is 0 Å². The van der Waals surface area contributed by atoms with Gasteiger partial charge in [0, 0.05) is 25.2 Å². The Bertz CT molecular complexity index is 778. The van der Waals surface area contributed by atoms with E-state index in [0.717, 1.165) is 43.6 Å². The van der Waals surface area contributed by atoms with Crippen LogP contribution in [-0.2, 0) is 13.1 Å². The van der Waals surface area contributed by atoms with Gasteiger partial charge < -0.3 is 0 Å². The number of non-ortho nitro benzene ring substituents is 1. The van der Waals surface area contributed by atoms with E-state index >= 15 is 0 Å². The third kappa shape index (κ3) is 8.08. The van der Waals surface area contributed by atoms with E-state index in [1.54, 1.807) is 12.1 Å². The number of likely N-dealkylation sites (tertiary alicyclic amines) is 2. The van der Waals surface area contributed by atoms with Crippen molar-refractivity contribution in [3.63, 3.8) is 0 Å². The van der Waals surface area contributed by atoms with Crippen molar-refractivity contribution in [3.05, 3.63) is 75.8 Å². The Labute approximate surface area is 187 Å². The fourth-order valence-corrected chi connectivity index (χ4v) is 4.26. The predicted octanol–water partition coefficient (Wildman–Crippen LogP) is 5.75. The van der Waals surface area contributed by atoms with Gasteiger partial charge in [-0.2, -0.15) is 0 Å². The van der Waals surface area contributed by atoms with E-state index in [2.05, 4.69) is 54.0 Å². The van der Waals surface area contributed by atoms with Gasteiger partial charge in [0.15, 0.2) is 0 Å². The van der Waals surface area contributed by atoms with Crippen molar-refractivity contribution < 1.29 is 4.92 Å². The predicted molar refractivity (Wildman–Crippen MR) is 127 cm³/mol. The van der Waals surface area contributed by atoms with Gasteiger partial charge in [0.05, 0.1) is 4.92 Å². The number of piperidine rings is 2. The van der Waals surface area contributed by atoms with Crippen LogP contribution in [0, 0.1) is 22.0 Å². The molecular formula is C26H37N3O2. The van der Waals surface area contributed by atoms with Gasteiger partial charge in [-0.05, 0) is 74.8 Å². The first-order valence-electron chi connectivity index (χ1n) is 11.7. The zero-order valence-corrected chi connectivity index (χ0v) is 19.1. The van der Waals surface area contributed by atoms with E-state index in [4.69, 9.17) is 0 Å². The Morgan fingerprint density at radius 1 is 0.742 bits per heavy atom. The van der Waals surface area contributed by atoms with Crippen molar-refractivity contribution in [2.45, 2.75) is 52.6 Å². The first-order chi connectivity index (χ1) is 15.0. The lowest BCUT2D eigenvalue weighted by Crippen LogP contribution is -2.32. The van der Waals surface area contributed by atoms with Crippen LogP contribution in [-0.4, -0.2) is 40.9 Å². The average Bonchev–Trinajstić information content (AvgIpc) is 2.78. The van der Waals surface area contributed by atoms with Gasteiger partial charge in [-0.25, -0.2) is 0 Å². The number of nitrogens with zero attached hydrogens (tertiary/aromatic N) is 3. The van der Waals surface area contributed by atoms with E-state index in [0.29, 0.717) is 0 Å². The normalized spacial score (nSPS) is 18.9. The summed E-state index contributed by atoms with van der Waals surface area (Å²) in [4.78, 5) is 15.2. The maximum atomic E-state index is 10.5. The quantitative estimate of drug-likeness (QED) is 0.454. The van der Waals surface area contributed by atoms with Gasteiger partial charge in [-0.3, -0.25) is 19.9 Å². The molecule has 4 rings (SSSR count). The zero-order valence-electron chi connectivity index (χ0n) is 19.1. The molecule has 0 aliphatic carbocycles. The molecule has 0 N–H and O–H groups in total. The molecular weight excluding hydrogens is 386 g/mol. The van der Waals surface area contributed by atoms with Crippen LogP contribution in [0.15, 0.2) is 54.6 Å². The van der Waals surface area contributed by atoms with E-state index in [1.165, 1.54) is 44.3 Å². The molecule has 2 aromatic carbocycles. The molecule has 2 aliphatic heterocycles. The lowest BCUT2D eigenvalue weighted by Gasteiger charge is -2.30. The third-order valence-corrected chi connectivity index (χ3v) is 6.55. The molecule has 168 valence electrons. The topological polar surface area (TPSA) is 49.6 Å². The minimum atomic E-state index is -0.355. The molecule has 0 bridgehead atoms. The summed E-state index contributed by atoms with van der Waals surface area (Å²) < 4.78 is 0. The van der Waals surface area contributed by atoms with Crippen LogP contribution in [0.5, 0.6) is 0 Å². The highest BCUT2D eigenvalue weighted by Crippen LogP contribution is 2.20. The minimum Gasteiger partial charge on any atom is -0.299 e. The molecule has 2 aromatic rings. The molecule has 0 aromatic heterocycles. The molecule has 31 heavy (non-hydrogen) atoms. The van der Waals surface area contributed by atoms with Gasteiger partial charge in [-0.15, -0.1) is 0 Å². The number of rotatable bonds is 5. The van der Waals surface area contributed by atoms with Gasteiger partial charge in [0.1, 0.15) is 0 Å². The molecule has 2 heterocycles. The van der Waals surface area contributed by atoms with Crippen LogP contribution in [0.1, 0.15) is 50.7 Å². The molecule has 5 nitrogen and oxygen atoms in total.